The van der Waals surface area contributed by atoms with Crippen molar-refractivity contribution < 1.29 is 53.1 Å². The van der Waals surface area contributed by atoms with Gasteiger partial charge in [-0.25, -0.2) is 0 Å². The normalized spacial score (nSPS) is 12.5. The minimum Gasteiger partial charge on any atom is -0.505 e. The van der Waals surface area contributed by atoms with E-state index in [1.54, 1.807) is 0 Å². The second kappa shape index (κ2) is 11.2. The molecule has 0 amide bonds. The molecule has 228 valence electrons. The van der Waals surface area contributed by atoms with Gasteiger partial charge in [0.25, 0.3) is 30.4 Å². The van der Waals surface area contributed by atoms with Crippen LogP contribution in [-0.2, 0) is 30.4 Å². The topological polar surface area (TPSA) is 280 Å². The number of phenols is 1. The van der Waals surface area contributed by atoms with E-state index < -0.39 is 74.0 Å². The van der Waals surface area contributed by atoms with Crippen molar-refractivity contribution in [3.05, 3.63) is 42.5 Å². The van der Waals surface area contributed by atoms with E-state index >= 15 is 0 Å². The fraction of sp³-hybridized carbons (Fsp3) is 0.0952. The average molecular weight is 660 g/mol. The average Bonchev–Trinajstić information content (AvgIpc) is 2.89. The first-order chi connectivity index (χ1) is 19.9. The standard InChI is InChI=1S/C21H18FN7O11S3/c1-23-20-25-19(22)26-21(27-20)24-10-3-4-11-9(5-10)6-16(43(37,38)39)17(18(11)30)29-28-12-7-15(42(34,35)36)13(40-2)8-14(12)41(31,32)33/h3-8,30H,1-2H3,(H,31,32,33)(H,34,35,36)(H,37,38,39)(H2,23,24,25,26,27). The Morgan fingerprint density at radius 2 is 1.44 bits per heavy atom. The van der Waals surface area contributed by atoms with Crippen LogP contribution in [0.3, 0.4) is 0 Å². The van der Waals surface area contributed by atoms with Crippen molar-refractivity contribution in [2.24, 2.45) is 10.2 Å². The zero-order valence-corrected chi connectivity index (χ0v) is 23.9. The van der Waals surface area contributed by atoms with Gasteiger partial charge in [-0.05, 0) is 35.7 Å². The van der Waals surface area contributed by atoms with Gasteiger partial charge >= 0.3 is 6.08 Å². The Morgan fingerprint density at radius 3 is 2.02 bits per heavy atom. The van der Waals surface area contributed by atoms with E-state index in [9.17, 15) is 48.4 Å². The lowest BCUT2D eigenvalue weighted by Crippen LogP contribution is -2.05. The summed E-state index contributed by atoms with van der Waals surface area (Å²) in [6, 6.07) is 5.68. The molecule has 1 aromatic heterocycles. The molecule has 0 aliphatic carbocycles. The number of methoxy groups -OCH3 is 1. The highest BCUT2D eigenvalue weighted by molar-refractivity contribution is 7.86. The molecular formula is C21H18FN7O11S3. The molecule has 0 bridgehead atoms. The number of nitrogens with zero attached hydrogens (tertiary/aromatic N) is 5. The number of azo groups is 1. The Kier molecular flexibility index (Phi) is 8.18. The number of anilines is 3. The molecule has 6 N–H and O–H groups in total. The van der Waals surface area contributed by atoms with Crippen molar-refractivity contribution in [2.45, 2.75) is 14.7 Å². The van der Waals surface area contributed by atoms with Crippen molar-refractivity contribution in [1.82, 2.24) is 15.0 Å². The molecule has 0 aliphatic heterocycles. The van der Waals surface area contributed by atoms with Crippen molar-refractivity contribution in [1.29, 1.82) is 0 Å². The number of aromatic nitrogens is 3. The maximum atomic E-state index is 13.7. The number of nitrogens with one attached hydrogen (secondary N) is 2. The number of benzene rings is 3. The lowest BCUT2D eigenvalue weighted by Gasteiger charge is -2.12. The molecule has 0 radical (unpaired) electrons. The molecule has 4 aromatic rings. The second-order valence-corrected chi connectivity index (χ2v) is 12.4. The number of ether oxygens (including phenoxy) is 1. The Hall–Kier alpha value is -4.61. The van der Waals surface area contributed by atoms with Crippen molar-refractivity contribution in [2.75, 3.05) is 24.8 Å². The Morgan fingerprint density at radius 1 is 0.814 bits per heavy atom. The number of rotatable bonds is 9. The number of fused-ring (bicyclic) bond motifs is 1. The maximum Gasteiger partial charge on any atom is 0.315 e. The molecule has 0 fully saturated rings. The highest BCUT2D eigenvalue weighted by atomic mass is 32.2. The third kappa shape index (κ3) is 6.73. The summed E-state index contributed by atoms with van der Waals surface area (Å²) in [4.78, 5) is 7.70. The van der Waals surface area contributed by atoms with Gasteiger partial charge in [-0.2, -0.15) is 44.6 Å². The van der Waals surface area contributed by atoms with Crippen LogP contribution in [0.15, 0.2) is 61.3 Å². The van der Waals surface area contributed by atoms with E-state index in [0.717, 1.165) is 13.2 Å². The molecule has 18 nitrogen and oxygen atoms in total. The highest BCUT2D eigenvalue weighted by Gasteiger charge is 2.26. The van der Waals surface area contributed by atoms with Crippen molar-refractivity contribution >= 4 is 70.1 Å². The number of phenolic OH excluding ortho intramolecular Hbond substituents is 1. The summed E-state index contributed by atoms with van der Waals surface area (Å²) >= 11 is 0. The fourth-order valence-electron chi connectivity index (χ4n) is 3.65. The summed E-state index contributed by atoms with van der Waals surface area (Å²) in [5.41, 5.74) is -1.68. The van der Waals surface area contributed by atoms with Gasteiger partial charge in [0.1, 0.15) is 31.8 Å². The van der Waals surface area contributed by atoms with Crippen molar-refractivity contribution in [3.8, 4) is 11.5 Å². The van der Waals surface area contributed by atoms with Crippen molar-refractivity contribution in [3.63, 3.8) is 0 Å². The fourth-order valence-corrected chi connectivity index (χ4v) is 5.58. The van der Waals surface area contributed by atoms with Crippen LogP contribution in [0.1, 0.15) is 0 Å². The molecule has 0 unspecified atom stereocenters. The largest absolute Gasteiger partial charge is 0.505 e. The number of hydrogen-bond acceptors (Lipinski definition) is 15. The monoisotopic (exact) mass is 659 g/mol. The van der Waals surface area contributed by atoms with Crippen LogP contribution in [0.5, 0.6) is 11.5 Å². The zero-order chi connectivity index (χ0) is 31.9. The van der Waals surface area contributed by atoms with E-state index in [1.807, 2.05) is 0 Å². The van der Waals surface area contributed by atoms with E-state index in [0.29, 0.717) is 12.1 Å². The first-order valence-corrected chi connectivity index (χ1v) is 15.5. The summed E-state index contributed by atoms with van der Waals surface area (Å²) < 4.78 is 119. The van der Waals surface area contributed by atoms with Crippen LogP contribution in [0, 0.1) is 6.08 Å². The Balaban J connectivity index is 1.90. The maximum absolute atomic E-state index is 13.7. The molecule has 4 rings (SSSR count). The predicted molar refractivity (Wildman–Crippen MR) is 145 cm³/mol. The van der Waals surface area contributed by atoms with Gasteiger partial charge in [-0.15, -0.1) is 10.2 Å². The quantitative estimate of drug-likeness (QED) is 0.111. The molecule has 0 atom stereocenters. The number of hydrogen-bond donors (Lipinski definition) is 6. The lowest BCUT2D eigenvalue weighted by molar-refractivity contribution is 0.395. The van der Waals surface area contributed by atoms with Gasteiger partial charge in [0.15, 0.2) is 5.75 Å². The van der Waals surface area contributed by atoms with Gasteiger partial charge in [0, 0.05) is 24.2 Å². The molecule has 0 saturated heterocycles. The summed E-state index contributed by atoms with van der Waals surface area (Å²) in [5.74, 6) is -1.93. The number of halogens is 1. The van der Waals surface area contributed by atoms with Crippen LogP contribution < -0.4 is 15.4 Å². The van der Waals surface area contributed by atoms with Crippen LogP contribution in [-0.4, -0.2) is 73.1 Å². The summed E-state index contributed by atoms with van der Waals surface area (Å²) in [5, 5.41) is 23.0. The molecule has 0 saturated carbocycles. The van der Waals surface area contributed by atoms with Gasteiger partial charge in [0.2, 0.25) is 11.9 Å². The molecular weight excluding hydrogens is 641 g/mol. The zero-order valence-electron chi connectivity index (χ0n) is 21.4. The molecule has 0 aliphatic rings. The highest BCUT2D eigenvalue weighted by Crippen LogP contribution is 2.43. The molecule has 3 aromatic carbocycles. The smallest absolute Gasteiger partial charge is 0.315 e. The minimum atomic E-state index is -5.17. The lowest BCUT2D eigenvalue weighted by atomic mass is 10.1. The summed E-state index contributed by atoms with van der Waals surface area (Å²) in [7, 11) is -13.0. The third-order valence-corrected chi connectivity index (χ3v) is 8.10. The van der Waals surface area contributed by atoms with Gasteiger partial charge in [0.05, 0.1) is 7.11 Å². The van der Waals surface area contributed by atoms with Crippen LogP contribution >= 0.6 is 0 Å². The van der Waals surface area contributed by atoms with E-state index in [-0.39, 0.29) is 28.4 Å². The first kappa shape index (κ1) is 31.3. The summed E-state index contributed by atoms with van der Waals surface area (Å²) in [6.45, 7) is 0. The van der Waals surface area contributed by atoms with Crippen LogP contribution in [0.25, 0.3) is 10.8 Å². The van der Waals surface area contributed by atoms with E-state index in [1.165, 1.54) is 25.2 Å². The first-order valence-electron chi connectivity index (χ1n) is 11.1. The van der Waals surface area contributed by atoms with Gasteiger partial charge in [-0.3, -0.25) is 13.7 Å². The Bertz CT molecular complexity index is 2140. The molecule has 0 spiro atoms. The molecule has 22 heteroatoms. The van der Waals surface area contributed by atoms with Gasteiger partial charge < -0.3 is 20.5 Å². The van der Waals surface area contributed by atoms with Gasteiger partial charge in [-0.1, -0.05) is 0 Å². The van der Waals surface area contributed by atoms with E-state index in [4.69, 9.17) is 4.74 Å². The molecule has 1 heterocycles. The third-order valence-electron chi connectivity index (χ3n) is 5.48. The van der Waals surface area contributed by atoms with Crippen LogP contribution in [0.4, 0.5) is 33.3 Å². The Labute approximate surface area is 241 Å². The summed E-state index contributed by atoms with van der Waals surface area (Å²) in [6.07, 6.45) is -1.11. The molecule has 43 heavy (non-hydrogen) atoms. The van der Waals surface area contributed by atoms with E-state index in [2.05, 4.69) is 35.8 Å². The van der Waals surface area contributed by atoms with Crippen LogP contribution in [0.2, 0.25) is 0 Å². The minimum absolute atomic E-state index is 0.0193. The SMILES string of the molecule is CNc1nc(F)nc(Nc2ccc3c(O)c(N=Nc4cc(S(=O)(=O)O)c(OC)cc4S(=O)(=O)O)c(S(=O)(=O)O)cc3c2)n1. The predicted octanol–water partition coefficient (Wildman–Crippen LogP) is 2.82. The second-order valence-electron chi connectivity index (χ2n) is 8.23. The number of aromatic hydroxyl groups is 1.